The molecule has 154 valence electrons. The topological polar surface area (TPSA) is 79.4 Å². The Labute approximate surface area is 170 Å². The summed E-state index contributed by atoms with van der Waals surface area (Å²) in [5.74, 6) is -0.599. The first-order valence-electron chi connectivity index (χ1n) is 9.93. The number of halogens is 1. The molecular weight excluding hydrogens is 382 g/mol. The molecule has 1 heterocycles. The van der Waals surface area contributed by atoms with E-state index in [1.54, 1.807) is 0 Å². The summed E-state index contributed by atoms with van der Waals surface area (Å²) in [6, 6.07) is 10.4. The molecule has 0 radical (unpaired) electrons. The van der Waals surface area contributed by atoms with Gasteiger partial charge in [0, 0.05) is 25.1 Å². The molecule has 6 nitrogen and oxygen atoms in total. The van der Waals surface area contributed by atoms with Gasteiger partial charge in [-0.1, -0.05) is 43.2 Å². The molecule has 1 saturated carbocycles. The Morgan fingerprint density at radius 3 is 2.64 bits per heavy atom. The molecule has 3 rings (SSSR count). The van der Waals surface area contributed by atoms with Crippen LogP contribution in [-0.2, 0) is 20.7 Å². The molecule has 1 spiro atoms. The predicted octanol–water partition coefficient (Wildman–Crippen LogP) is 3.98. The van der Waals surface area contributed by atoms with Gasteiger partial charge in [-0.2, -0.15) is 4.42 Å². The van der Waals surface area contributed by atoms with E-state index in [1.807, 2.05) is 18.2 Å². The summed E-state index contributed by atoms with van der Waals surface area (Å²) in [5.41, 5.74) is -0.198. The third-order valence-electron chi connectivity index (χ3n) is 5.88. The molecular formula is C21H28ClNO5. The molecule has 0 bridgehead atoms. The highest BCUT2D eigenvalue weighted by molar-refractivity contribution is 6.28. The third-order valence-corrected chi connectivity index (χ3v) is 6.26. The lowest BCUT2D eigenvalue weighted by Crippen LogP contribution is -2.53. The molecule has 1 aliphatic heterocycles. The van der Waals surface area contributed by atoms with Gasteiger partial charge in [-0.05, 0) is 37.7 Å². The van der Waals surface area contributed by atoms with Crippen molar-refractivity contribution in [2.45, 2.75) is 75.6 Å². The van der Waals surface area contributed by atoms with Crippen LogP contribution in [-0.4, -0.2) is 45.4 Å². The number of aryl methyl sites for hydroxylation is 1. The van der Waals surface area contributed by atoms with E-state index in [2.05, 4.69) is 12.1 Å². The Balaban J connectivity index is 1.48. The number of rotatable bonds is 7. The van der Waals surface area contributed by atoms with E-state index in [0.29, 0.717) is 36.7 Å². The fourth-order valence-electron chi connectivity index (χ4n) is 4.11. The van der Waals surface area contributed by atoms with Crippen molar-refractivity contribution >= 4 is 23.8 Å². The minimum atomic E-state index is -1.02. The number of carbonyl (C=O) groups excluding carboxylic acids is 2. The quantitative estimate of drug-likeness (QED) is 0.418. The van der Waals surface area contributed by atoms with Gasteiger partial charge >= 0.3 is 6.09 Å². The zero-order valence-electron chi connectivity index (χ0n) is 16.2. The molecule has 1 saturated heterocycles. The Morgan fingerprint density at radius 1 is 1.29 bits per heavy atom. The standard InChI is InChI=1S/C21H28ClNO5/c1-16(24)23(22)19(25)28-18-11-13-21(15-27-21)20(26,14-18)12-7-3-6-10-17-8-4-2-5-9-17/h2,4-5,8-9,18,26H,3,6-7,10-15H2,1H3/t18-,20-,21+/m1/s1. The second-order valence-corrected chi connectivity index (χ2v) is 8.25. The number of amides is 2. The van der Waals surface area contributed by atoms with Gasteiger partial charge in [-0.3, -0.25) is 4.79 Å². The van der Waals surface area contributed by atoms with Gasteiger partial charge in [-0.25, -0.2) is 4.79 Å². The number of ether oxygens (including phenoxy) is 2. The fraction of sp³-hybridized carbons (Fsp3) is 0.619. The lowest BCUT2D eigenvalue weighted by Gasteiger charge is -2.41. The van der Waals surface area contributed by atoms with Crippen LogP contribution in [0.4, 0.5) is 4.79 Å². The maximum atomic E-state index is 11.9. The molecule has 2 fully saturated rings. The SMILES string of the molecule is CC(=O)N(Cl)C(=O)O[C@@H]1CC[C@]2(CO2)[C@@](O)(CCCCCc2ccccc2)C1. The maximum Gasteiger partial charge on any atom is 0.432 e. The number of carbonyl (C=O) groups is 2. The van der Waals surface area contributed by atoms with Crippen molar-refractivity contribution in [2.24, 2.45) is 0 Å². The van der Waals surface area contributed by atoms with Crippen LogP contribution in [0, 0.1) is 0 Å². The van der Waals surface area contributed by atoms with Crippen molar-refractivity contribution in [2.75, 3.05) is 6.61 Å². The number of epoxide rings is 1. The Hall–Kier alpha value is -1.63. The normalized spacial score (nSPS) is 28.8. The van der Waals surface area contributed by atoms with Gasteiger partial charge in [-0.15, -0.1) is 0 Å². The van der Waals surface area contributed by atoms with Crippen molar-refractivity contribution in [3.05, 3.63) is 35.9 Å². The average Bonchev–Trinajstić information content (AvgIpc) is 3.46. The first-order valence-corrected chi connectivity index (χ1v) is 10.3. The third kappa shape index (κ3) is 4.85. The summed E-state index contributed by atoms with van der Waals surface area (Å²) >= 11 is 5.62. The van der Waals surface area contributed by atoms with Crippen molar-refractivity contribution in [3.63, 3.8) is 0 Å². The zero-order chi connectivity index (χ0) is 20.2. The van der Waals surface area contributed by atoms with Crippen LogP contribution >= 0.6 is 11.8 Å². The zero-order valence-corrected chi connectivity index (χ0v) is 17.0. The molecule has 2 amide bonds. The van der Waals surface area contributed by atoms with E-state index in [4.69, 9.17) is 21.3 Å². The van der Waals surface area contributed by atoms with E-state index in [9.17, 15) is 14.7 Å². The summed E-state index contributed by atoms with van der Waals surface area (Å²) in [5, 5.41) is 11.3. The number of nitrogens with zero attached hydrogens (tertiary/aromatic N) is 1. The molecule has 2 aliphatic rings. The highest BCUT2D eigenvalue weighted by atomic mass is 35.5. The molecule has 0 unspecified atom stereocenters. The van der Waals surface area contributed by atoms with E-state index < -0.39 is 29.3 Å². The lowest BCUT2D eigenvalue weighted by molar-refractivity contribution is -0.125. The molecule has 7 heteroatoms. The molecule has 28 heavy (non-hydrogen) atoms. The molecule has 1 aliphatic carbocycles. The number of hydrogen-bond acceptors (Lipinski definition) is 5. The molecule has 0 aromatic heterocycles. The molecule has 1 N–H and O–H groups in total. The first kappa shape index (κ1) is 21.1. The first-order chi connectivity index (χ1) is 13.4. The summed E-state index contributed by atoms with van der Waals surface area (Å²) in [6.45, 7) is 1.73. The van der Waals surface area contributed by atoms with E-state index >= 15 is 0 Å². The van der Waals surface area contributed by atoms with Crippen LogP contribution < -0.4 is 0 Å². The smallest absolute Gasteiger partial charge is 0.432 e. The molecule has 1 aromatic rings. The highest BCUT2D eigenvalue weighted by Crippen LogP contribution is 2.51. The number of aliphatic hydroxyl groups is 1. The monoisotopic (exact) mass is 409 g/mol. The minimum absolute atomic E-state index is 0.306. The summed E-state index contributed by atoms with van der Waals surface area (Å²) in [6.07, 6.45) is 4.74. The number of benzene rings is 1. The van der Waals surface area contributed by atoms with Gasteiger partial charge in [0.15, 0.2) is 0 Å². The van der Waals surface area contributed by atoms with E-state index in [1.165, 1.54) is 12.5 Å². The number of hydrogen-bond donors (Lipinski definition) is 1. The minimum Gasteiger partial charge on any atom is -0.445 e. The summed E-state index contributed by atoms with van der Waals surface area (Å²) in [4.78, 5) is 23.1. The van der Waals surface area contributed by atoms with Gasteiger partial charge in [0.2, 0.25) is 5.91 Å². The van der Waals surface area contributed by atoms with Crippen LogP contribution in [0.3, 0.4) is 0 Å². The highest BCUT2D eigenvalue weighted by Gasteiger charge is 2.63. The van der Waals surface area contributed by atoms with Crippen molar-refractivity contribution < 1.29 is 24.2 Å². The average molecular weight is 410 g/mol. The predicted molar refractivity (Wildman–Crippen MR) is 105 cm³/mol. The second kappa shape index (κ2) is 8.80. The van der Waals surface area contributed by atoms with Crippen LogP contribution in [0.15, 0.2) is 30.3 Å². The maximum absolute atomic E-state index is 11.9. The van der Waals surface area contributed by atoms with Gasteiger partial charge in [0.05, 0.1) is 12.2 Å². The van der Waals surface area contributed by atoms with E-state index in [0.717, 1.165) is 25.7 Å². The Bertz CT molecular complexity index is 693. The summed E-state index contributed by atoms with van der Waals surface area (Å²) in [7, 11) is 0. The van der Waals surface area contributed by atoms with Gasteiger partial charge < -0.3 is 14.6 Å². The fourth-order valence-corrected chi connectivity index (χ4v) is 4.15. The number of imide groups is 1. The summed E-state index contributed by atoms with van der Waals surface area (Å²) < 4.78 is 11.4. The van der Waals surface area contributed by atoms with Crippen molar-refractivity contribution in [1.82, 2.24) is 4.42 Å². The van der Waals surface area contributed by atoms with Crippen LogP contribution in [0.25, 0.3) is 0 Å². The largest absolute Gasteiger partial charge is 0.445 e. The lowest BCUT2D eigenvalue weighted by atomic mass is 9.71. The van der Waals surface area contributed by atoms with Crippen LogP contribution in [0.5, 0.6) is 0 Å². The van der Waals surface area contributed by atoms with E-state index in [-0.39, 0.29) is 0 Å². The van der Waals surface area contributed by atoms with Crippen LogP contribution in [0.2, 0.25) is 0 Å². The van der Waals surface area contributed by atoms with Crippen molar-refractivity contribution in [3.8, 4) is 0 Å². The second-order valence-electron chi connectivity index (χ2n) is 7.91. The molecule has 3 atom stereocenters. The Morgan fingerprint density at radius 2 is 2.00 bits per heavy atom. The number of unbranched alkanes of at least 4 members (excludes halogenated alkanes) is 2. The van der Waals surface area contributed by atoms with Gasteiger partial charge in [0.25, 0.3) is 0 Å². The Kier molecular flexibility index (Phi) is 6.63. The molecule has 1 aromatic carbocycles. The van der Waals surface area contributed by atoms with Crippen LogP contribution in [0.1, 0.15) is 57.4 Å². The van der Waals surface area contributed by atoms with Gasteiger partial charge in [0.1, 0.15) is 11.7 Å². The van der Waals surface area contributed by atoms with Crippen molar-refractivity contribution in [1.29, 1.82) is 0 Å².